The molecule has 18 heavy (non-hydrogen) atoms. The Labute approximate surface area is 116 Å². The monoisotopic (exact) mass is 315 g/mol. The quantitative estimate of drug-likeness (QED) is 0.849. The molecule has 0 aliphatic carbocycles. The Balaban J connectivity index is 3.17. The van der Waals surface area contributed by atoms with E-state index in [4.69, 9.17) is 15.2 Å². The molecule has 1 rings (SSSR count). The first-order chi connectivity index (χ1) is 8.30. The average molecular weight is 316 g/mol. The van der Waals surface area contributed by atoms with Crippen LogP contribution >= 0.6 is 15.9 Å². The normalized spacial score (nSPS) is 11.2. The number of hydrogen-bond donors (Lipinski definition) is 1. The number of methoxy groups -OCH3 is 2. The van der Waals surface area contributed by atoms with Crippen LogP contribution in [0, 0.1) is 0 Å². The van der Waals surface area contributed by atoms with E-state index in [1.165, 1.54) is 7.11 Å². The maximum atomic E-state index is 12.2. The van der Waals surface area contributed by atoms with E-state index in [0.717, 1.165) is 0 Å². The first-order valence-corrected chi connectivity index (χ1v) is 6.32. The highest BCUT2D eigenvalue weighted by Crippen LogP contribution is 2.37. The van der Waals surface area contributed by atoms with Crippen molar-refractivity contribution < 1.29 is 14.3 Å². The molecule has 0 amide bonds. The standard InChI is InChI=1S/C13H18BrNO3/c1-13(2,15)7-9(16)8-5-6-10(17-3)11(14)12(8)18-4/h5-6H,7,15H2,1-4H3. The van der Waals surface area contributed by atoms with Crippen molar-refractivity contribution >= 4 is 21.7 Å². The summed E-state index contributed by atoms with van der Waals surface area (Å²) in [5, 5.41) is 0. The van der Waals surface area contributed by atoms with Crippen molar-refractivity contribution in [1.82, 2.24) is 0 Å². The fourth-order valence-electron chi connectivity index (χ4n) is 1.62. The molecule has 1 aromatic carbocycles. The van der Waals surface area contributed by atoms with Gasteiger partial charge in [-0.3, -0.25) is 4.79 Å². The zero-order chi connectivity index (χ0) is 13.9. The molecule has 0 radical (unpaired) electrons. The Bertz CT molecular complexity index is 452. The number of carbonyl (C=O) groups is 1. The van der Waals surface area contributed by atoms with Crippen LogP contribution in [0.3, 0.4) is 0 Å². The second kappa shape index (κ2) is 5.71. The molecule has 0 heterocycles. The van der Waals surface area contributed by atoms with Gasteiger partial charge in [0, 0.05) is 12.0 Å². The highest BCUT2D eigenvalue weighted by molar-refractivity contribution is 9.10. The average Bonchev–Trinajstić information content (AvgIpc) is 2.26. The van der Waals surface area contributed by atoms with Gasteiger partial charge in [0.1, 0.15) is 16.0 Å². The molecule has 0 atom stereocenters. The number of carbonyl (C=O) groups excluding carboxylic acids is 1. The summed E-state index contributed by atoms with van der Waals surface area (Å²) in [5.74, 6) is 1.04. The molecular formula is C13H18BrNO3. The fourth-order valence-corrected chi connectivity index (χ4v) is 2.29. The topological polar surface area (TPSA) is 61.5 Å². The SMILES string of the molecule is COc1ccc(C(=O)CC(C)(C)N)c(OC)c1Br. The molecule has 2 N–H and O–H groups in total. The largest absolute Gasteiger partial charge is 0.495 e. The van der Waals surface area contributed by atoms with Crippen LogP contribution in [0.2, 0.25) is 0 Å². The number of Topliss-reactive ketones (excluding diaryl/α,β-unsaturated/α-hetero) is 1. The van der Waals surface area contributed by atoms with E-state index < -0.39 is 5.54 Å². The van der Waals surface area contributed by atoms with Gasteiger partial charge in [-0.05, 0) is 41.9 Å². The first-order valence-electron chi connectivity index (χ1n) is 5.52. The molecule has 0 aromatic heterocycles. The summed E-state index contributed by atoms with van der Waals surface area (Å²) in [6.45, 7) is 3.63. The van der Waals surface area contributed by atoms with E-state index in [1.807, 2.05) is 13.8 Å². The van der Waals surface area contributed by atoms with Gasteiger partial charge in [0.25, 0.3) is 0 Å². The van der Waals surface area contributed by atoms with E-state index in [0.29, 0.717) is 21.5 Å². The second-order valence-electron chi connectivity index (χ2n) is 4.75. The van der Waals surface area contributed by atoms with Crippen molar-refractivity contribution in [2.24, 2.45) is 5.73 Å². The Morgan fingerprint density at radius 2 is 1.94 bits per heavy atom. The number of rotatable bonds is 5. The summed E-state index contributed by atoms with van der Waals surface area (Å²) in [5.41, 5.74) is 5.82. The number of nitrogens with two attached hydrogens (primary N) is 1. The minimum Gasteiger partial charge on any atom is -0.495 e. The minimum atomic E-state index is -0.547. The zero-order valence-electron chi connectivity index (χ0n) is 11.0. The molecular weight excluding hydrogens is 298 g/mol. The number of ether oxygens (including phenoxy) is 2. The van der Waals surface area contributed by atoms with Crippen LogP contribution < -0.4 is 15.2 Å². The van der Waals surface area contributed by atoms with Crippen LogP contribution in [0.25, 0.3) is 0 Å². The third-order valence-corrected chi connectivity index (χ3v) is 3.15. The molecule has 0 unspecified atom stereocenters. The predicted molar refractivity (Wildman–Crippen MR) is 74.5 cm³/mol. The molecule has 100 valence electrons. The lowest BCUT2D eigenvalue weighted by Gasteiger charge is -2.19. The van der Waals surface area contributed by atoms with Gasteiger partial charge in [-0.1, -0.05) is 0 Å². The van der Waals surface area contributed by atoms with Crippen LogP contribution in [-0.2, 0) is 0 Å². The van der Waals surface area contributed by atoms with Gasteiger partial charge in [0.2, 0.25) is 0 Å². The van der Waals surface area contributed by atoms with Crippen molar-refractivity contribution in [2.75, 3.05) is 14.2 Å². The van der Waals surface area contributed by atoms with Crippen LogP contribution in [0.1, 0.15) is 30.6 Å². The molecule has 5 heteroatoms. The van der Waals surface area contributed by atoms with E-state index in [1.54, 1.807) is 19.2 Å². The van der Waals surface area contributed by atoms with Crippen LogP contribution in [0.15, 0.2) is 16.6 Å². The first kappa shape index (κ1) is 15.0. The van der Waals surface area contributed by atoms with Crippen molar-refractivity contribution in [3.8, 4) is 11.5 Å². The maximum absolute atomic E-state index is 12.2. The summed E-state index contributed by atoms with van der Waals surface area (Å²) in [7, 11) is 3.08. The van der Waals surface area contributed by atoms with Crippen molar-refractivity contribution in [3.63, 3.8) is 0 Å². The fraction of sp³-hybridized carbons (Fsp3) is 0.462. The highest BCUT2D eigenvalue weighted by atomic mass is 79.9. The van der Waals surface area contributed by atoms with Gasteiger partial charge < -0.3 is 15.2 Å². The Morgan fingerprint density at radius 3 is 2.39 bits per heavy atom. The van der Waals surface area contributed by atoms with Crippen LogP contribution in [-0.4, -0.2) is 25.5 Å². The minimum absolute atomic E-state index is 0.0531. The van der Waals surface area contributed by atoms with E-state index in [-0.39, 0.29) is 12.2 Å². The lowest BCUT2D eigenvalue weighted by atomic mass is 9.95. The Morgan fingerprint density at radius 1 is 1.33 bits per heavy atom. The Hall–Kier alpha value is -1.07. The zero-order valence-corrected chi connectivity index (χ0v) is 12.6. The van der Waals surface area contributed by atoms with Gasteiger partial charge in [-0.2, -0.15) is 0 Å². The number of halogens is 1. The predicted octanol–water partition coefficient (Wildman–Crippen LogP) is 2.78. The van der Waals surface area contributed by atoms with Crippen molar-refractivity contribution in [3.05, 3.63) is 22.2 Å². The molecule has 0 aliphatic rings. The molecule has 0 saturated heterocycles. The summed E-state index contributed by atoms with van der Waals surface area (Å²) in [4.78, 5) is 12.2. The Kier molecular flexibility index (Phi) is 4.76. The number of ketones is 1. The third-order valence-electron chi connectivity index (χ3n) is 2.40. The van der Waals surface area contributed by atoms with Gasteiger partial charge in [-0.15, -0.1) is 0 Å². The van der Waals surface area contributed by atoms with Gasteiger partial charge >= 0.3 is 0 Å². The van der Waals surface area contributed by atoms with Gasteiger partial charge in [0.05, 0.1) is 19.8 Å². The lowest BCUT2D eigenvalue weighted by Crippen LogP contribution is -2.34. The number of benzene rings is 1. The smallest absolute Gasteiger partial charge is 0.168 e. The molecule has 0 bridgehead atoms. The third kappa shape index (κ3) is 3.46. The van der Waals surface area contributed by atoms with Crippen molar-refractivity contribution in [2.45, 2.75) is 25.8 Å². The lowest BCUT2D eigenvalue weighted by molar-refractivity contribution is 0.0957. The second-order valence-corrected chi connectivity index (χ2v) is 5.54. The maximum Gasteiger partial charge on any atom is 0.168 e. The van der Waals surface area contributed by atoms with E-state index in [2.05, 4.69) is 15.9 Å². The molecule has 0 aliphatic heterocycles. The summed E-state index contributed by atoms with van der Waals surface area (Å²) >= 11 is 3.37. The van der Waals surface area contributed by atoms with Crippen LogP contribution in [0.5, 0.6) is 11.5 Å². The van der Waals surface area contributed by atoms with E-state index >= 15 is 0 Å². The van der Waals surface area contributed by atoms with E-state index in [9.17, 15) is 4.79 Å². The molecule has 1 aromatic rings. The molecule has 0 spiro atoms. The van der Waals surface area contributed by atoms with Gasteiger partial charge in [0.15, 0.2) is 5.78 Å². The van der Waals surface area contributed by atoms with Crippen LogP contribution in [0.4, 0.5) is 0 Å². The summed E-state index contributed by atoms with van der Waals surface area (Å²) < 4.78 is 11.1. The summed E-state index contributed by atoms with van der Waals surface area (Å²) in [6.07, 6.45) is 0.252. The summed E-state index contributed by atoms with van der Waals surface area (Å²) in [6, 6.07) is 3.42. The van der Waals surface area contributed by atoms with Crippen molar-refractivity contribution in [1.29, 1.82) is 0 Å². The molecule has 0 saturated carbocycles. The molecule has 0 fully saturated rings. The van der Waals surface area contributed by atoms with Gasteiger partial charge in [-0.25, -0.2) is 0 Å². The highest BCUT2D eigenvalue weighted by Gasteiger charge is 2.23. The number of hydrogen-bond acceptors (Lipinski definition) is 4. The molecule has 4 nitrogen and oxygen atoms in total.